The van der Waals surface area contributed by atoms with E-state index in [1.165, 1.54) is 99.7 Å². The molecule has 0 bridgehead atoms. The van der Waals surface area contributed by atoms with Crippen LogP contribution in [0, 0.1) is 6.85 Å². The molecule has 15 rings (SSSR count). The molecule has 0 aromatic heterocycles. The molecule has 0 saturated heterocycles. The molecule has 1 fully saturated rings. The monoisotopic (exact) mass is 1040 g/mol. The molecule has 0 amide bonds. The Kier molecular flexibility index (Phi) is 9.08. The first-order valence-electron chi connectivity index (χ1n) is 30.8. The van der Waals surface area contributed by atoms with Gasteiger partial charge in [0, 0.05) is 55.0 Å². The van der Waals surface area contributed by atoms with Gasteiger partial charge in [-0.25, -0.2) is 0 Å². The fourth-order valence-corrected chi connectivity index (χ4v) is 22.3. The highest BCUT2D eigenvalue weighted by molar-refractivity contribution is 7.24. The Bertz CT molecular complexity index is 4020. The molecule has 5 heteroatoms. The summed E-state index contributed by atoms with van der Waals surface area (Å²) in [5.74, 6) is 0. The third-order valence-corrected chi connectivity index (χ3v) is 26.2. The van der Waals surface area contributed by atoms with Gasteiger partial charge in [-0.05, 0) is 179 Å². The van der Waals surface area contributed by atoms with Gasteiger partial charge in [-0.15, -0.1) is 0 Å². The van der Waals surface area contributed by atoms with Crippen LogP contribution in [0.5, 0.6) is 0 Å². The third kappa shape index (κ3) is 6.07. The second-order valence-corrected chi connectivity index (χ2v) is 32.1. The molecule has 7 aliphatic rings. The molecule has 3 nitrogen and oxygen atoms in total. The highest BCUT2D eigenvalue weighted by atomic mass is 28.3. The zero-order valence-electron chi connectivity index (χ0n) is 51.1. The molecule has 78 heavy (non-hydrogen) atoms. The lowest BCUT2D eigenvalue weighted by Crippen LogP contribution is -2.77. The van der Waals surface area contributed by atoms with Crippen molar-refractivity contribution in [2.24, 2.45) is 0 Å². The molecule has 1 spiro atoms. The summed E-state index contributed by atoms with van der Waals surface area (Å²) in [6.07, 6.45) is 6.69. The normalized spacial score (nSPS) is 22.6. The van der Waals surface area contributed by atoms with Crippen LogP contribution in [0.3, 0.4) is 0 Å². The summed E-state index contributed by atoms with van der Waals surface area (Å²) in [6.45, 7) is 25.9. The van der Waals surface area contributed by atoms with E-state index in [0.717, 1.165) is 60.4 Å². The lowest BCUT2D eigenvalue weighted by atomic mass is 9.33. The molecular formula is C73H76BN3Si. The summed E-state index contributed by atoms with van der Waals surface area (Å²) in [5.41, 5.74) is 21.7. The van der Waals surface area contributed by atoms with E-state index in [2.05, 4.69) is 243 Å². The van der Waals surface area contributed by atoms with E-state index in [-0.39, 0.29) is 39.3 Å². The van der Waals surface area contributed by atoms with Crippen molar-refractivity contribution in [3.8, 4) is 11.1 Å². The second kappa shape index (κ2) is 15.6. The van der Waals surface area contributed by atoms with Crippen molar-refractivity contribution in [1.29, 1.82) is 0 Å². The van der Waals surface area contributed by atoms with E-state index in [0.29, 0.717) is 5.56 Å². The summed E-state index contributed by atoms with van der Waals surface area (Å²) in [4.78, 5) is 7.92. The topological polar surface area (TPSA) is 9.72 Å². The average Bonchev–Trinajstić information content (AvgIpc) is 2.19. The van der Waals surface area contributed by atoms with Crippen LogP contribution in [-0.2, 0) is 27.1 Å². The van der Waals surface area contributed by atoms with Gasteiger partial charge in [0.2, 0.25) is 0 Å². The highest BCUT2D eigenvalue weighted by Crippen LogP contribution is 2.63. The molecule has 2 aliphatic carbocycles. The Labute approximate surface area is 471 Å². The van der Waals surface area contributed by atoms with Crippen molar-refractivity contribution in [3.63, 3.8) is 0 Å². The molecular weight excluding hydrogens is 958 g/mol. The maximum atomic E-state index is 9.51. The van der Waals surface area contributed by atoms with Gasteiger partial charge in [0.1, 0.15) is 0 Å². The molecule has 8 aromatic carbocycles. The lowest BCUT2D eigenvalue weighted by Gasteiger charge is -2.52. The number of aryl methyl sites for hydroxylation is 1. The van der Waals surface area contributed by atoms with Gasteiger partial charge >= 0.3 is 0 Å². The van der Waals surface area contributed by atoms with Crippen LogP contribution in [0.25, 0.3) is 11.1 Å². The van der Waals surface area contributed by atoms with Crippen molar-refractivity contribution in [3.05, 3.63) is 185 Å². The van der Waals surface area contributed by atoms with E-state index in [4.69, 9.17) is 0 Å². The molecule has 2 atom stereocenters. The molecule has 0 N–H and O–H groups in total. The number of hydrogen-bond donors (Lipinski definition) is 0. The van der Waals surface area contributed by atoms with Gasteiger partial charge in [-0.1, -0.05) is 204 Å². The van der Waals surface area contributed by atoms with Gasteiger partial charge in [0.25, 0.3) is 6.71 Å². The summed E-state index contributed by atoms with van der Waals surface area (Å²) in [6, 6.07) is 59.5. The smallest absolute Gasteiger partial charge is 0.252 e. The van der Waals surface area contributed by atoms with Crippen LogP contribution >= 0.6 is 0 Å². The van der Waals surface area contributed by atoms with Crippen LogP contribution in [-0.4, -0.2) is 20.3 Å². The standard InChI is InChI=1S/C73H76BN3Si/c1-45-39-46(68(2,3)4)31-33-56(45)75-59-44-52-51(70(8,9)37-38-71(52,10)11)43-55(59)74-54-25-22-30-65-67(54)76(58-26-16-19-29-64(58)78(65)62-27-17-14-23-49(62)50-24-15-18-28-63(50)78)61-42-48(41-60(75)66(61)74)77-57-34-32-47(69(5,6)7)40-53(57)72(12)35-20-21-36-73(72,77)13/h14-19,22-34,39-44H,20-21,35-38H2,1-13H3/i1D3. The number of anilines is 8. The van der Waals surface area contributed by atoms with Gasteiger partial charge in [0.15, 0.2) is 8.07 Å². The predicted octanol–water partition coefficient (Wildman–Crippen LogP) is 14.4. The number of rotatable bonds is 2. The third-order valence-electron chi connectivity index (χ3n) is 21.3. The minimum absolute atomic E-state index is 0.0114. The Balaban J connectivity index is 1.12. The van der Waals surface area contributed by atoms with E-state index >= 15 is 0 Å². The van der Waals surface area contributed by atoms with Crippen LogP contribution < -0.4 is 51.8 Å². The van der Waals surface area contributed by atoms with Gasteiger partial charge in [0.05, 0.1) is 5.54 Å². The zero-order chi connectivity index (χ0) is 56.5. The minimum Gasteiger partial charge on any atom is -0.334 e. The van der Waals surface area contributed by atoms with Gasteiger partial charge in [-0.2, -0.15) is 0 Å². The highest BCUT2D eigenvalue weighted by Gasteiger charge is 2.60. The van der Waals surface area contributed by atoms with Crippen molar-refractivity contribution < 1.29 is 4.11 Å². The Morgan fingerprint density at radius 1 is 0.474 bits per heavy atom. The average molecular weight is 1040 g/mol. The minimum atomic E-state index is -2.97. The first-order chi connectivity index (χ1) is 38.3. The number of benzene rings is 8. The molecule has 1 saturated carbocycles. The van der Waals surface area contributed by atoms with Crippen molar-refractivity contribution >= 4 is 97.4 Å². The fourth-order valence-electron chi connectivity index (χ4n) is 16.8. The van der Waals surface area contributed by atoms with E-state index in [1.54, 1.807) is 0 Å². The van der Waals surface area contributed by atoms with E-state index in [1.807, 2.05) is 6.07 Å². The maximum Gasteiger partial charge on any atom is 0.252 e. The van der Waals surface area contributed by atoms with E-state index in [9.17, 15) is 4.11 Å². The molecule has 390 valence electrons. The Morgan fingerprint density at radius 2 is 1.05 bits per heavy atom. The van der Waals surface area contributed by atoms with Crippen molar-refractivity contribution in [2.75, 3.05) is 14.7 Å². The molecule has 5 heterocycles. The summed E-state index contributed by atoms with van der Waals surface area (Å²) < 4.78 is 28.5. The molecule has 8 aromatic rings. The first kappa shape index (κ1) is 45.3. The first-order valence-corrected chi connectivity index (χ1v) is 31.3. The lowest BCUT2D eigenvalue weighted by molar-refractivity contribution is 0.195. The summed E-state index contributed by atoms with van der Waals surface area (Å²) >= 11 is 0. The van der Waals surface area contributed by atoms with Crippen LogP contribution in [0.1, 0.15) is 159 Å². The fraction of sp³-hybridized carbons (Fsp3) is 0.342. The Morgan fingerprint density at radius 3 is 1.72 bits per heavy atom. The molecule has 5 aliphatic heterocycles. The van der Waals surface area contributed by atoms with Gasteiger partial charge < -0.3 is 14.7 Å². The number of fused-ring (bicyclic) bond motifs is 17. The second-order valence-electron chi connectivity index (χ2n) is 28.4. The van der Waals surface area contributed by atoms with Crippen LogP contribution in [0.2, 0.25) is 0 Å². The predicted molar refractivity (Wildman–Crippen MR) is 337 cm³/mol. The van der Waals surface area contributed by atoms with E-state index < -0.39 is 14.9 Å². The molecule has 0 radical (unpaired) electrons. The van der Waals surface area contributed by atoms with Crippen molar-refractivity contribution in [1.82, 2.24) is 0 Å². The molecule has 2 unspecified atom stereocenters. The Hall–Kier alpha value is -6.56. The SMILES string of the molecule is [2H]C([2H])([2H])c1cc(C(C)(C)C)ccc1N1c2cc3c(cc2B2c4cccc5c4N(c4ccccc4[Si]54c5ccccc5-c5ccccc54)c4cc(N5c6ccc(C(C)(C)C)cc6C6(C)CCCCC56C)cc1c42)C(C)(C)CCC3(C)C. The summed E-state index contributed by atoms with van der Waals surface area (Å²) in [7, 11) is -2.97. The summed E-state index contributed by atoms with van der Waals surface area (Å²) in [5, 5.41) is 5.77. The van der Waals surface area contributed by atoms with Gasteiger partial charge in [-0.3, -0.25) is 0 Å². The number of nitrogens with zero attached hydrogens (tertiary/aromatic N) is 3. The van der Waals surface area contributed by atoms with Crippen LogP contribution in [0.4, 0.5) is 45.5 Å². The number of para-hydroxylation sites is 2. The quantitative estimate of drug-likeness (QED) is 0.160. The van der Waals surface area contributed by atoms with Crippen LogP contribution in [0.15, 0.2) is 152 Å². The maximum absolute atomic E-state index is 9.51. The largest absolute Gasteiger partial charge is 0.334 e. The zero-order valence-corrected chi connectivity index (χ0v) is 49.1. The van der Waals surface area contributed by atoms with Crippen molar-refractivity contribution in [2.45, 2.75) is 161 Å². The number of hydrogen-bond acceptors (Lipinski definition) is 3.